The Morgan fingerprint density at radius 3 is 2.82 bits per heavy atom. The number of rotatable bonds is 3. The Kier molecular flexibility index (Phi) is 3.14. The summed E-state index contributed by atoms with van der Waals surface area (Å²) >= 11 is 0. The van der Waals surface area contributed by atoms with Gasteiger partial charge in [0.1, 0.15) is 5.82 Å². The lowest BCUT2D eigenvalue weighted by atomic mass is 10.2. The molecule has 0 unspecified atom stereocenters. The van der Waals surface area contributed by atoms with Gasteiger partial charge in [0.05, 0.1) is 6.42 Å². The van der Waals surface area contributed by atoms with E-state index in [9.17, 15) is 4.79 Å². The van der Waals surface area contributed by atoms with Gasteiger partial charge in [-0.05, 0) is 20.4 Å². The second-order valence-corrected chi connectivity index (χ2v) is 4.00. The van der Waals surface area contributed by atoms with E-state index in [4.69, 9.17) is 5.73 Å². The number of anilines is 1. The Labute approximate surface area is 99.5 Å². The highest BCUT2D eigenvalue weighted by Gasteiger charge is 2.25. The minimum atomic E-state index is -0.0639. The molecule has 0 saturated heterocycles. The number of nitrogens with zero attached hydrogens (tertiary/aromatic N) is 4. The maximum atomic E-state index is 11.8. The Morgan fingerprint density at radius 1 is 1.41 bits per heavy atom. The van der Waals surface area contributed by atoms with Gasteiger partial charge in [-0.3, -0.25) is 4.79 Å². The van der Waals surface area contributed by atoms with E-state index < -0.39 is 0 Å². The van der Waals surface area contributed by atoms with Crippen LogP contribution in [0.25, 0.3) is 0 Å². The number of amides is 1. The molecule has 0 saturated carbocycles. The van der Waals surface area contributed by atoms with Gasteiger partial charge >= 0.3 is 0 Å². The van der Waals surface area contributed by atoms with Crippen LogP contribution in [-0.2, 0) is 4.79 Å². The maximum Gasteiger partial charge on any atom is 0.254 e. The molecule has 0 aromatic carbocycles. The summed E-state index contributed by atoms with van der Waals surface area (Å²) < 4.78 is 0. The van der Waals surface area contributed by atoms with Gasteiger partial charge in [0, 0.05) is 23.9 Å². The van der Waals surface area contributed by atoms with Crippen LogP contribution >= 0.6 is 0 Å². The Hall–Kier alpha value is -1.82. The fourth-order valence-corrected chi connectivity index (χ4v) is 1.77. The molecule has 2 rings (SSSR count). The minimum Gasteiger partial charge on any atom is -0.330 e. The van der Waals surface area contributed by atoms with Crippen LogP contribution < -0.4 is 10.7 Å². The minimum absolute atomic E-state index is 0.0639. The highest BCUT2D eigenvalue weighted by Crippen LogP contribution is 2.19. The van der Waals surface area contributed by atoms with Crippen molar-refractivity contribution in [3.63, 3.8) is 0 Å². The van der Waals surface area contributed by atoms with E-state index in [1.54, 1.807) is 13.0 Å². The van der Waals surface area contributed by atoms with Crippen molar-refractivity contribution in [1.82, 2.24) is 9.97 Å². The first kappa shape index (κ1) is 11.7. The molecule has 0 bridgehead atoms. The first-order valence-electron chi connectivity index (χ1n) is 5.52. The topological polar surface area (TPSA) is 84.5 Å². The highest BCUT2D eigenvalue weighted by atomic mass is 16.2. The summed E-state index contributed by atoms with van der Waals surface area (Å²) in [5.41, 5.74) is 7.08. The molecular weight excluding hydrogens is 218 g/mol. The predicted molar refractivity (Wildman–Crippen MR) is 64.7 cm³/mol. The van der Waals surface area contributed by atoms with Crippen molar-refractivity contribution in [3.8, 4) is 0 Å². The van der Waals surface area contributed by atoms with E-state index >= 15 is 0 Å². The summed E-state index contributed by atoms with van der Waals surface area (Å²) in [6.45, 7) is 4.16. The number of nitrogens with two attached hydrogens (primary N) is 1. The van der Waals surface area contributed by atoms with Gasteiger partial charge in [0.2, 0.25) is 0 Å². The number of hydrogen-bond acceptors (Lipinski definition) is 5. The molecule has 2 heterocycles. The van der Waals surface area contributed by atoms with E-state index in [0.717, 1.165) is 11.4 Å². The monoisotopic (exact) mass is 233 g/mol. The predicted octanol–water partition coefficient (Wildman–Crippen LogP) is 0.535. The van der Waals surface area contributed by atoms with Crippen LogP contribution in [-0.4, -0.2) is 28.1 Å². The molecule has 17 heavy (non-hydrogen) atoms. The summed E-state index contributed by atoms with van der Waals surface area (Å²) in [4.78, 5) is 20.2. The van der Waals surface area contributed by atoms with Crippen molar-refractivity contribution in [2.24, 2.45) is 10.8 Å². The summed E-state index contributed by atoms with van der Waals surface area (Å²) in [7, 11) is 0. The zero-order chi connectivity index (χ0) is 12.4. The van der Waals surface area contributed by atoms with Crippen molar-refractivity contribution < 1.29 is 4.79 Å². The van der Waals surface area contributed by atoms with Gasteiger partial charge in [-0.25, -0.2) is 9.97 Å². The first-order valence-corrected chi connectivity index (χ1v) is 5.52. The van der Waals surface area contributed by atoms with Gasteiger partial charge in [-0.1, -0.05) is 0 Å². The Bertz CT molecular complexity index is 463. The van der Waals surface area contributed by atoms with Crippen molar-refractivity contribution >= 4 is 17.4 Å². The van der Waals surface area contributed by atoms with E-state index in [-0.39, 0.29) is 5.91 Å². The number of carbonyl (C=O) groups excluding carboxylic acids is 1. The van der Waals surface area contributed by atoms with Crippen molar-refractivity contribution in [3.05, 3.63) is 17.6 Å². The normalized spacial score (nSPS) is 15.4. The second kappa shape index (κ2) is 4.58. The smallest absolute Gasteiger partial charge is 0.254 e. The van der Waals surface area contributed by atoms with E-state index in [1.807, 2.05) is 6.92 Å². The lowest BCUT2D eigenvalue weighted by Crippen LogP contribution is -2.21. The average molecular weight is 233 g/mol. The number of aryl methyl sites for hydroxylation is 2. The number of carbonyl (C=O) groups is 1. The fraction of sp³-hybridized carbons (Fsp3) is 0.455. The zero-order valence-electron chi connectivity index (χ0n) is 9.97. The molecule has 0 spiro atoms. The van der Waals surface area contributed by atoms with Crippen LogP contribution in [0.4, 0.5) is 5.82 Å². The molecule has 2 N–H and O–H groups in total. The van der Waals surface area contributed by atoms with E-state index in [0.29, 0.717) is 31.0 Å². The highest BCUT2D eigenvalue weighted by molar-refractivity contribution is 6.12. The molecule has 1 aromatic heterocycles. The van der Waals surface area contributed by atoms with Crippen molar-refractivity contribution in [2.45, 2.75) is 26.7 Å². The van der Waals surface area contributed by atoms with Crippen LogP contribution in [0, 0.1) is 13.8 Å². The van der Waals surface area contributed by atoms with Crippen LogP contribution in [0.5, 0.6) is 0 Å². The molecule has 1 aromatic rings. The number of hydrogen-bond donors (Lipinski definition) is 1. The van der Waals surface area contributed by atoms with Crippen LogP contribution in [0.2, 0.25) is 0 Å². The molecule has 90 valence electrons. The molecule has 1 amide bonds. The molecule has 0 radical (unpaired) electrons. The van der Waals surface area contributed by atoms with Crippen LogP contribution in [0.15, 0.2) is 11.2 Å². The number of hydrazone groups is 1. The van der Waals surface area contributed by atoms with Gasteiger partial charge in [-0.2, -0.15) is 10.1 Å². The third kappa shape index (κ3) is 2.47. The molecule has 1 aliphatic heterocycles. The molecule has 1 aliphatic rings. The molecule has 0 aliphatic carbocycles. The van der Waals surface area contributed by atoms with Gasteiger partial charge in [0.25, 0.3) is 5.91 Å². The number of aromatic nitrogens is 2. The third-order valence-corrected chi connectivity index (χ3v) is 2.44. The van der Waals surface area contributed by atoms with Crippen LogP contribution in [0.3, 0.4) is 0 Å². The van der Waals surface area contributed by atoms with Crippen molar-refractivity contribution in [1.29, 1.82) is 0 Å². The molecule has 6 nitrogen and oxygen atoms in total. The lowest BCUT2D eigenvalue weighted by molar-refractivity contribution is -0.116. The summed E-state index contributed by atoms with van der Waals surface area (Å²) in [5, 5.41) is 5.58. The maximum absolute atomic E-state index is 11.8. The quantitative estimate of drug-likeness (QED) is 0.825. The van der Waals surface area contributed by atoms with Gasteiger partial charge in [0.15, 0.2) is 5.82 Å². The van der Waals surface area contributed by atoms with Crippen molar-refractivity contribution in [2.75, 3.05) is 11.6 Å². The average Bonchev–Trinajstić information content (AvgIpc) is 2.58. The van der Waals surface area contributed by atoms with Crippen LogP contribution in [0.1, 0.15) is 24.4 Å². The molecular formula is C11H15N5O. The Morgan fingerprint density at radius 2 is 2.18 bits per heavy atom. The fourth-order valence-electron chi connectivity index (χ4n) is 1.77. The Balaban J connectivity index is 2.30. The van der Waals surface area contributed by atoms with E-state index in [1.165, 1.54) is 5.01 Å². The lowest BCUT2D eigenvalue weighted by Gasteiger charge is -2.11. The summed E-state index contributed by atoms with van der Waals surface area (Å²) in [6, 6.07) is 1.75. The van der Waals surface area contributed by atoms with E-state index in [2.05, 4.69) is 15.1 Å². The van der Waals surface area contributed by atoms with Gasteiger partial charge in [-0.15, -0.1) is 0 Å². The zero-order valence-corrected chi connectivity index (χ0v) is 9.97. The third-order valence-electron chi connectivity index (χ3n) is 2.44. The SMILES string of the molecule is Cc1cc(N2N=C(CCN)CC2=O)nc(C)n1. The second-order valence-electron chi connectivity index (χ2n) is 4.00. The molecule has 0 fully saturated rings. The largest absolute Gasteiger partial charge is 0.330 e. The first-order chi connectivity index (χ1) is 8.10. The summed E-state index contributed by atoms with van der Waals surface area (Å²) in [5.74, 6) is 1.10. The summed E-state index contributed by atoms with van der Waals surface area (Å²) in [6.07, 6.45) is 0.977. The molecule has 6 heteroatoms. The standard InChI is InChI=1S/C11H15N5O/c1-7-5-10(14-8(2)13-7)16-11(17)6-9(15-16)3-4-12/h5H,3-4,6,12H2,1-2H3. The molecule has 0 atom stereocenters. The van der Waals surface area contributed by atoms with Gasteiger partial charge < -0.3 is 5.73 Å².